The van der Waals surface area contributed by atoms with Crippen LogP contribution in [0.4, 0.5) is 0 Å². The van der Waals surface area contributed by atoms with Crippen molar-refractivity contribution in [2.75, 3.05) is 13.2 Å². The summed E-state index contributed by atoms with van der Waals surface area (Å²) in [6, 6.07) is 2.80. The highest BCUT2D eigenvalue weighted by molar-refractivity contribution is 6.32. The Morgan fingerprint density at radius 3 is 2.76 bits per heavy atom. The molecule has 0 radical (unpaired) electrons. The van der Waals surface area contributed by atoms with Gasteiger partial charge in [-0.25, -0.2) is 4.79 Å². The highest BCUT2D eigenvalue weighted by atomic mass is 35.5. The first-order valence-electron chi connectivity index (χ1n) is 5.09. The number of halogens is 1. The monoisotopic (exact) mass is 258 g/mol. The van der Waals surface area contributed by atoms with Crippen molar-refractivity contribution in [2.24, 2.45) is 0 Å². The summed E-state index contributed by atoms with van der Waals surface area (Å²) in [7, 11) is 0. The molecule has 1 aliphatic rings. The maximum atomic E-state index is 10.7. The number of ether oxygens (including phenoxy) is 2. The Morgan fingerprint density at radius 1 is 1.35 bits per heavy atom. The zero-order valence-corrected chi connectivity index (χ0v) is 9.61. The third kappa shape index (κ3) is 2.45. The number of carboxylic acid groups (broad SMARTS) is 1. The number of aliphatic carboxylic acids is 1. The highest BCUT2D eigenvalue weighted by Gasteiger charge is 2.22. The number of hydrogen-bond donors (Lipinski definition) is 2. The van der Waals surface area contributed by atoms with Gasteiger partial charge in [-0.15, -0.1) is 0 Å². The highest BCUT2D eigenvalue weighted by Crippen LogP contribution is 2.39. The van der Waals surface area contributed by atoms with Crippen molar-refractivity contribution >= 4 is 17.6 Å². The van der Waals surface area contributed by atoms with Gasteiger partial charge in [-0.3, -0.25) is 0 Å². The zero-order chi connectivity index (χ0) is 12.4. The van der Waals surface area contributed by atoms with Crippen molar-refractivity contribution in [1.29, 1.82) is 0 Å². The molecule has 1 aliphatic heterocycles. The van der Waals surface area contributed by atoms with Gasteiger partial charge in [0.2, 0.25) is 0 Å². The molecule has 1 aromatic rings. The van der Waals surface area contributed by atoms with Gasteiger partial charge in [-0.1, -0.05) is 11.6 Å². The van der Waals surface area contributed by atoms with E-state index >= 15 is 0 Å². The van der Waals surface area contributed by atoms with Gasteiger partial charge >= 0.3 is 5.97 Å². The molecule has 92 valence electrons. The molecular weight excluding hydrogens is 248 g/mol. The Hall–Kier alpha value is -1.46. The van der Waals surface area contributed by atoms with Crippen molar-refractivity contribution in [1.82, 2.24) is 0 Å². The van der Waals surface area contributed by atoms with E-state index in [-0.39, 0.29) is 10.6 Å². The van der Waals surface area contributed by atoms with Gasteiger partial charge in [0.1, 0.15) is 0 Å². The van der Waals surface area contributed by atoms with Crippen molar-refractivity contribution in [3.05, 3.63) is 22.7 Å². The standard InChI is InChI=1S/C11H11ClO5/c12-7-4-6(9(13)11(14)15)5-8-10(7)17-3-1-2-16-8/h4-5,9,13H,1-3H2,(H,14,15). The zero-order valence-electron chi connectivity index (χ0n) is 8.85. The lowest BCUT2D eigenvalue weighted by Gasteiger charge is -2.13. The Labute approximate surface area is 103 Å². The van der Waals surface area contributed by atoms with Crippen LogP contribution in [0.15, 0.2) is 12.1 Å². The molecule has 1 aromatic carbocycles. The molecule has 5 nitrogen and oxygen atoms in total. The molecule has 1 unspecified atom stereocenters. The number of aliphatic hydroxyl groups excluding tert-OH is 1. The first-order chi connectivity index (χ1) is 8.09. The summed E-state index contributed by atoms with van der Waals surface area (Å²) < 4.78 is 10.8. The third-order valence-electron chi connectivity index (χ3n) is 2.37. The largest absolute Gasteiger partial charge is 0.489 e. The SMILES string of the molecule is O=C(O)C(O)c1cc(Cl)c2c(c1)OCCCO2. The van der Waals surface area contributed by atoms with Crippen molar-refractivity contribution < 1.29 is 24.5 Å². The van der Waals surface area contributed by atoms with Gasteiger partial charge in [-0.05, 0) is 17.7 Å². The smallest absolute Gasteiger partial charge is 0.337 e. The number of carboxylic acids is 1. The maximum absolute atomic E-state index is 10.7. The fraction of sp³-hybridized carbons (Fsp3) is 0.364. The fourth-order valence-electron chi connectivity index (χ4n) is 1.55. The van der Waals surface area contributed by atoms with Crippen LogP contribution in [-0.4, -0.2) is 29.4 Å². The number of aliphatic hydroxyl groups is 1. The molecule has 0 aliphatic carbocycles. The number of carbonyl (C=O) groups is 1. The molecule has 0 spiro atoms. The van der Waals surface area contributed by atoms with Crippen LogP contribution >= 0.6 is 11.6 Å². The van der Waals surface area contributed by atoms with Gasteiger partial charge in [0.05, 0.1) is 18.2 Å². The van der Waals surface area contributed by atoms with Crippen LogP contribution < -0.4 is 9.47 Å². The number of rotatable bonds is 2. The second-order valence-corrected chi connectivity index (χ2v) is 4.03. The summed E-state index contributed by atoms with van der Waals surface area (Å²) in [4.78, 5) is 10.7. The topological polar surface area (TPSA) is 76.0 Å². The minimum Gasteiger partial charge on any atom is -0.489 e. The van der Waals surface area contributed by atoms with Crippen LogP contribution in [0.2, 0.25) is 5.02 Å². The first kappa shape index (κ1) is 12.0. The molecule has 0 bridgehead atoms. The van der Waals surface area contributed by atoms with Crippen LogP contribution in [0.1, 0.15) is 18.1 Å². The van der Waals surface area contributed by atoms with E-state index < -0.39 is 12.1 Å². The van der Waals surface area contributed by atoms with Crippen molar-refractivity contribution in [3.8, 4) is 11.5 Å². The van der Waals surface area contributed by atoms with E-state index in [9.17, 15) is 9.90 Å². The van der Waals surface area contributed by atoms with Crippen LogP contribution in [0.5, 0.6) is 11.5 Å². The van der Waals surface area contributed by atoms with Crippen LogP contribution in [0.25, 0.3) is 0 Å². The summed E-state index contributed by atoms with van der Waals surface area (Å²) >= 11 is 5.96. The molecule has 0 fully saturated rings. The molecule has 6 heteroatoms. The van der Waals surface area contributed by atoms with E-state index in [1.807, 2.05) is 0 Å². The van der Waals surface area contributed by atoms with E-state index in [0.717, 1.165) is 6.42 Å². The molecule has 0 saturated heterocycles. The molecule has 0 amide bonds. The Kier molecular flexibility index (Phi) is 3.40. The molecule has 17 heavy (non-hydrogen) atoms. The summed E-state index contributed by atoms with van der Waals surface area (Å²) in [6.07, 6.45) is -0.897. The predicted molar refractivity (Wildman–Crippen MR) is 59.7 cm³/mol. The summed E-state index contributed by atoms with van der Waals surface area (Å²) in [5, 5.41) is 18.4. The summed E-state index contributed by atoms with van der Waals surface area (Å²) in [6.45, 7) is 0.962. The van der Waals surface area contributed by atoms with E-state index in [4.69, 9.17) is 26.2 Å². The van der Waals surface area contributed by atoms with E-state index in [1.54, 1.807) is 0 Å². The second kappa shape index (κ2) is 4.81. The maximum Gasteiger partial charge on any atom is 0.337 e. The van der Waals surface area contributed by atoms with Gasteiger partial charge in [0.15, 0.2) is 17.6 Å². The number of benzene rings is 1. The molecule has 2 rings (SSSR count). The fourth-order valence-corrected chi connectivity index (χ4v) is 1.82. The Morgan fingerprint density at radius 2 is 2.06 bits per heavy atom. The van der Waals surface area contributed by atoms with Gasteiger partial charge in [0, 0.05) is 6.42 Å². The second-order valence-electron chi connectivity index (χ2n) is 3.62. The van der Waals surface area contributed by atoms with Gasteiger partial charge < -0.3 is 19.7 Å². The minimum atomic E-state index is -1.62. The third-order valence-corrected chi connectivity index (χ3v) is 2.65. The molecule has 2 N–H and O–H groups in total. The van der Waals surface area contributed by atoms with E-state index in [2.05, 4.69) is 0 Å². The average Bonchev–Trinajstić information content (AvgIpc) is 2.53. The van der Waals surface area contributed by atoms with Gasteiger partial charge in [-0.2, -0.15) is 0 Å². The lowest BCUT2D eigenvalue weighted by atomic mass is 10.1. The first-order valence-corrected chi connectivity index (χ1v) is 5.47. The molecule has 0 aromatic heterocycles. The molecular formula is C11H11ClO5. The Bertz CT molecular complexity index is 446. The number of hydrogen-bond acceptors (Lipinski definition) is 4. The predicted octanol–water partition coefficient (Wildman–Crippen LogP) is 1.62. The van der Waals surface area contributed by atoms with E-state index in [1.165, 1.54) is 12.1 Å². The minimum absolute atomic E-state index is 0.173. The van der Waals surface area contributed by atoms with Gasteiger partial charge in [0.25, 0.3) is 0 Å². The van der Waals surface area contributed by atoms with Crippen molar-refractivity contribution in [2.45, 2.75) is 12.5 Å². The molecule has 1 atom stereocenters. The summed E-state index contributed by atoms with van der Waals surface area (Å²) in [5.41, 5.74) is 0.173. The van der Waals surface area contributed by atoms with Crippen LogP contribution in [0, 0.1) is 0 Å². The normalized spacial score (nSPS) is 16.1. The lowest BCUT2D eigenvalue weighted by molar-refractivity contribution is -0.146. The summed E-state index contributed by atoms with van der Waals surface area (Å²) in [5.74, 6) is -0.577. The number of fused-ring (bicyclic) bond motifs is 1. The van der Waals surface area contributed by atoms with Crippen molar-refractivity contribution in [3.63, 3.8) is 0 Å². The van der Waals surface area contributed by atoms with Crippen LogP contribution in [0.3, 0.4) is 0 Å². The van der Waals surface area contributed by atoms with E-state index in [0.29, 0.717) is 24.7 Å². The average molecular weight is 259 g/mol. The quantitative estimate of drug-likeness (QED) is 0.843. The molecule has 0 saturated carbocycles. The molecule has 1 heterocycles. The lowest BCUT2D eigenvalue weighted by Crippen LogP contribution is -2.10. The Balaban J connectivity index is 2.42. The van der Waals surface area contributed by atoms with Crippen LogP contribution in [-0.2, 0) is 4.79 Å².